The van der Waals surface area contributed by atoms with Crippen LogP contribution in [0, 0.1) is 6.92 Å². The quantitative estimate of drug-likeness (QED) is 0.376. The maximum atomic E-state index is 12.5. The van der Waals surface area contributed by atoms with Crippen molar-refractivity contribution in [3.63, 3.8) is 0 Å². The first-order valence-electron chi connectivity index (χ1n) is 14.3. The number of carbonyl (C=O) groups is 1. The van der Waals surface area contributed by atoms with Crippen LogP contribution in [0.15, 0.2) is 30.6 Å². The Kier molecular flexibility index (Phi) is 8.67. The summed E-state index contributed by atoms with van der Waals surface area (Å²) in [5.41, 5.74) is 4.51. The van der Waals surface area contributed by atoms with Crippen LogP contribution in [0.25, 0.3) is 16.8 Å². The Morgan fingerprint density at radius 3 is 2.67 bits per heavy atom. The van der Waals surface area contributed by atoms with Gasteiger partial charge in [-0.1, -0.05) is 25.5 Å². The van der Waals surface area contributed by atoms with E-state index in [1.807, 2.05) is 44.4 Å². The van der Waals surface area contributed by atoms with E-state index in [9.17, 15) is 4.79 Å². The molecule has 210 valence electrons. The molecule has 0 radical (unpaired) electrons. The summed E-state index contributed by atoms with van der Waals surface area (Å²) in [5, 5.41) is 0. The van der Waals surface area contributed by atoms with Crippen molar-refractivity contribution in [1.82, 2.24) is 19.3 Å². The van der Waals surface area contributed by atoms with Gasteiger partial charge in [0.15, 0.2) is 0 Å². The second-order valence-electron chi connectivity index (χ2n) is 10.7. The van der Waals surface area contributed by atoms with Gasteiger partial charge in [-0.2, -0.15) is 0 Å². The van der Waals surface area contributed by atoms with Crippen molar-refractivity contribution in [1.29, 1.82) is 0 Å². The number of rotatable bonds is 9. The first-order chi connectivity index (χ1) is 19.0. The van der Waals surface area contributed by atoms with Gasteiger partial charge >= 0.3 is 5.97 Å². The summed E-state index contributed by atoms with van der Waals surface area (Å²) in [6.07, 6.45) is 8.00. The lowest BCUT2D eigenvalue weighted by molar-refractivity contribution is -0.147. The van der Waals surface area contributed by atoms with Crippen LogP contribution in [0.1, 0.15) is 50.8 Å². The number of aromatic nitrogens is 3. The third-order valence-electron chi connectivity index (χ3n) is 7.95. The number of benzene rings is 1. The highest BCUT2D eigenvalue weighted by Gasteiger charge is 2.28. The van der Waals surface area contributed by atoms with E-state index in [1.54, 1.807) is 7.11 Å². The molecule has 0 amide bonds. The van der Waals surface area contributed by atoms with Gasteiger partial charge in [0, 0.05) is 69.0 Å². The van der Waals surface area contributed by atoms with Crippen LogP contribution in [0.5, 0.6) is 5.75 Å². The molecule has 0 spiro atoms. The summed E-state index contributed by atoms with van der Waals surface area (Å²) < 4.78 is 19.0. The third-order valence-corrected chi connectivity index (χ3v) is 7.95. The van der Waals surface area contributed by atoms with E-state index >= 15 is 0 Å². The standard InChI is InChI=1S/C30H41N5O4/c1-5-6-21(2)39-27(36)20-23-7-8-24(19-26(23)37-4)28-29-22(3)31-11-12-35(29)30(32-28)34-15-13-33(14-16-34)25-9-17-38-18-10-25/h7-8,11-12,19,21,25H,5-6,9-10,13-18,20H2,1-4H3/t21-/m0/s1. The number of hydrogen-bond acceptors (Lipinski definition) is 8. The summed E-state index contributed by atoms with van der Waals surface area (Å²) in [6, 6.07) is 6.56. The Labute approximate surface area is 231 Å². The van der Waals surface area contributed by atoms with Crippen molar-refractivity contribution in [2.75, 3.05) is 51.4 Å². The topological polar surface area (TPSA) is 81.4 Å². The van der Waals surface area contributed by atoms with Crippen LogP contribution in [-0.4, -0.2) is 83.9 Å². The smallest absolute Gasteiger partial charge is 0.310 e. The molecule has 2 aromatic heterocycles. The molecule has 1 atom stereocenters. The molecule has 0 bridgehead atoms. The minimum Gasteiger partial charge on any atom is -0.496 e. The molecule has 2 aliphatic heterocycles. The summed E-state index contributed by atoms with van der Waals surface area (Å²) in [4.78, 5) is 27.3. The molecule has 9 heteroatoms. The number of imidazole rings is 1. The van der Waals surface area contributed by atoms with Crippen molar-refractivity contribution in [2.24, 2.45) is 0 Å². The maximum Gasteiger partial charge on any atom is 0.310 e. The highest BCUT2D eigenvalue weighted by Crippen LogP contribution is 2.34. The van der Waals surface area contributed by atoms with E-state index in [0.29, 0.717) is 11.8 Å². The second kappa shape index (κ2) is 12.3. The SMILES string of the molecule is CCC[C@H](C)OC(=O)Cc1ccc(-c2nc(N3CCN(C4CCOCC4)CC3)n3ccnc(C)c23)cc1OC. The second-order valence-corrected chi connectivity index (χ2v) is 10.7. The molecule has 3 aromatic rings. The average molecular weight is 536 g/mol. The van der Waals surface area contributed by atoms with Gasteiger partial charge in [-0.15, -0.1) is 0 Å². The molecule has 39 heavy (non-hydrogen) atoms. The van der Waals surface area contributed by atoms with E-state index in [1.165, 1.54) is 0 Å². The molecule has 0 N–H and O–H groups in total. The molecular weight excluding hydrogens is 494 g/mol. The zero-order valence-corrected chi connectivity index (χ0v) is 23.7. The number of anilines is 1. The molecular formula is C30H41N5O4. The van der Waals surface area contributed by atoms with Gasteiger partial charge in [-0.3, -0.25) is 19.1 Å². The molecule has 1 aromatic carbocycles. The molecule has 0 unspecified atom stereocenters. The van der Waals surface area contributed by atoms with Crippen LogP contribution in [0.4, 0.5) is 5.95 Å². The first kappa shape index (κ1) is 27.4. The fourth-order valence-corrected chi connectivity index (χ4v) is 5.87. The number of nitrogens with zero attached hydrogens (tertiary/aromatic N) is 5. The van der Waals surface area contributed by atoms with Gasteiger partial charge in [0.2, 0.25) is 5.95 Å². The summed E-state index contributed by atoms with van der Waals surface area (Å²) in [7, 11) is 1.63. The van der Waals surface area contributed by atoms with Crippen molar-refractivity contribution >= 4 is 17.4 Å². The van der Waals surface area contributed by atoms with Crippen molar-refractivity contribution in [3.05, 3.63) is 41.9 Å². The lowest BCUT2D eigenvalue weighted by atomic mass is 10.0. The predicted molar refractivity (Wildman–Crippen MR) is 152 cm³/mol. The van der Waals surface area contributed by atoms with Gasteiger partial charge in [0.05, 0.1) is 30.8 Å². The number of carbonyl (C=O) groups excluding carboxylic acids is 1. The van der Waals surface area contributed by atoms with Crippen LogP contribution in [0.3, 0.4) is 0 Å². The van der Waals surface area contributed by atoms with Gasteiger partial charge in [0.25, 0.3) is 0 Å². The van der Waals surface area contributed by atoms with Gasteiger partial charge in [-0.25, -0.2) is 4.98 Å². The zero-order valence-electron chi connectivity index (χ0n) is 23.7. The molecule has 2 saturated heterocycles. The van der Waals surface area contributed by atoms with Crippen molar-refractivity contribution in [3.8, 4) is 17.0 Å². The van der Waals surface area contributed by atoms with Gasteiger partial charge in [-0.05, 0) is 39.2 Å². The molecule has 2 aliphatic rings. The minimum atomic E-state index is -0.239. The molecule has 0 aliphatic carbocycles. The Morgan fingerprint density at radius 2 is 1.95 bits per heavy atom. The number of aryl methyl sites for hydroxylation is 1. The van der Waals surface area contributed by atoms with E-state index < -0.39 is 0 Å². The first-order valence-corrected chi connectivity index (χ1v) is 14.3. The highest BCUT2D eigenvalue weighted by atomic mass is 16.5. The van der Waals surface area contributed by atoms with Crippen LogP contribution < -0.4 is 9.64 Å². The largest absolute Gasteiger partial charge is 0.496 e. The normalized spacial score (nSPS) is 17.9. The van der Waals surface area contributed by atoms with Crippen molar-refractivity contribution in [2.45, 2.75) is 65.0 Å². The average Bonchev–Trinajstić information content (AvgIpc) is 3.35. The lowest BCUT2D eigenvalue weighted by Crippen LogP contribution is -2.52. The Morgan fingerprint density at radius 1 is 1.18 bits per heavy atom. The number of fused-ring (bicyclic) bond motifs is 1. The molecule has 9 nitrogen and oxygen atoms in total. The molecule has 2 fully saturated rings. The lowest BCUT2D eigenvalue weighted by Gasteiger charge is -2.40. The van der Waals surface area contributed by atoms with E-state index in [2.05, 4.69) is 26.1 Å². The zero-order chi connectivity index (χ0) is 27.4. The molecule has 4 heterocycles. The number of piperazine rings is 1. The predicted octanol–water partition coefficient (Wildman–Crippen LogP) is 4.29. The summed E-state index contributed by atoms with van der Waals surface area (Å²) >= 11 is 0. The molecule has 5 rings (SSSR count). The fourth-order valence-electron chi connectivity index (χ4n) is 5.87. The third kappa shape index (κ3) is 6.04. The Hall–Kier alpha value is -3.17. The van der Waals surface area contributed by atoms with E-state index in [4.69, 9.17) is 19.2 Å². The number of hydrogen-bond donors (Lipinski definition) is 0. The van der Waals surface area contributed by atoms with Gasteiger partial charge < -0.3 is 19.1 Å². The maximum absolute atomic E-state index is 12.5. The van der Waals surface area contributed by atoms with E-state index in [-0.39, 0.29) is 18.5 Å². The molecule has 0 saturated carbocycles. The van der Waals surface area contributed by atoms with Crippen LogP contribution in [0.2, 0.25) is 0 Å². The van der Waals surface area contributed by atoms with Gasteiger partial charge in [0.1, 0.15) is 11.4 Å². The monoisotopic (exact) mass is 535 g/mol. The number of ether oxygens (including phenoxy) is 3. The van der Waals surface area contributed by atoms with Crippen LogP contribution in [-0.2, 0) is 20.7 Å². The van der Waals surface area contributed by atoms with E-state index in [0.717, 1.165) is 99.1 Å². The van der Waals surface area contributed by atoms with Crippen molar-refractivity contribution < 1.29 is 19.0 Å². The highest BCUT2D eigenvalue weighted by molar-refractivity contribution is 5.83. The fraction of sp³-hybridized carbons (Fsp3) is 0.567. The number of methoxy groups -OCH3 is 1. The summed E-state index contributed by atoms with van der Waals surface area (Å²) in [6.45, 7) is 11.7. The summed E-state index contributed by atoms with van der Waals surface area (Å²) in [5.74, 6) is 1.35. The van der Waals surface area contributed by atoms with Crippen LogP contribution >= 0.6 is 0 Å². The Balaban J connectivity index is 1.39. The number of esters is 1. The minimum absolute atomic E-state index is 0.0860. The Bertz CT molecular complexity index is 1280.